The van der Waals surface area contributed by atoms with Crippen molar-refractivity contribution in [1.82, 2.24) is 10.2 Å². The van der Waals surface area contributed by atoms with Gasteiger partial charge in [0.2, 0.25) is 0 Å². The number of benzene rings is 2. The summed E-state index contributed by atoms with van der Waals surface area (Å²) in [6.07, 6.45) is 0. The molecule has 25 heavy (non-hydrogen) atoms. The molecule has 1 aliphatic rings. The van der Waals surface area contributed by atoms with Crippen LogP contribution in [0.5, 0.6) is 0 Å². The molecule has 134 valence electrons. The van der Waals surface area contributed by atoms with Crippen molar-refractivity contribution in [3.63, 3.8) is 0 Å². The summed E-state index contributed by atoms with van der Waals surface area (Å²) in [6, 6.07) is 11.7. The lowest BCUT2D eigenvalue weighted by atomic mass is 9.92. The number of β-amino-alcohol motifs (C(OH)–C–C–N with tert-alkyl or cyclic N) is 1. The zero-order valence-corrected chi connectivity index (χ0v) is 14.0. The number of halogens is 2. The lowest BCUT2D eigenvalue weighted by Gasteiger charge is -2.49. The van der Waals surface area contributed by atoms with Gasteiger partial charge in [0.05, 0.1) is 12.6 Å². The minimum absolute atomic E-state index is 0.0928. The summed E-state index contributed by atoms with van der Waals surface area (Å²) < 4.78 is 26.7. The van der Waals surface area contributed by atoms with Crippen LogP contribution in [0.15, 0.2) is 48.5 Å². The maximum Gasteiger partial charge on any atom is 0.155 e. The van der Waals surface area contributed by atoms with E-state index in [0.717, 1.165) is 11.1 Å². The quantitative estimate of drug-likeness (QED) is 0.791. The van der Waals surface area contributed by atoms with Crippen molar-refractivity contribution in [1.29, 1.82) is 0 Å². The Labute approximate surface area is 145 Å². The van der Waals surface area contributed by atoms with Gasteiger partial charge in [-0.15, -0.1) is 0 Å². The van der Waals surface area contributed by atoms with Gasteiger partial charge < -0.3 is 15.5 Å². The van der Waals surface area contributed by atoms with Gasteiger partial charge in [-0.25, -0.2) is 8.78 Å². The maximum absolute atomic E-state index is 13.4. The standard InChI is InChI=1S/C19H22F2N2O2/c1-13-10-23(19(25,12-24)11-22-13)18(14-2-6-16(20)7-3-14)15-4-8-17(21)9-5-15/h2-9,13,18,22,24-25H,10-12H2,1H3/t13-,19-/m0/s1. The minimum Gasteiger partial charge on any atom is -0.392 e. The molecule has 0 unspecified atom stereocenters. The van der Waals surface area contributed by atoms with E-state index >= 15 is 0 Å². The Bertz CT molecular complexity index is 663. The molecule has 1 aliphatic heterocycles. The summed E-state index contributed by atoms with van der Waals surface area (Å²) >= 11 is 0. The van der Waals surface area contributed by atoms with Crippen molar-refractivity contribution in [2.75, 3.05) is 19.7 Å². The van der Waals surface area contributed by atoms with Crippen molar-refractivity contribution < 1.29 is 19.0 Å². The van der Waals surface area contributed by atoms with Gasteiger partial charge in [-0.05, 0) is 42.3 Å². The van der Waals surface area contributed by atoms with Crippen molar-refractivity contribution in [3.05, 3.63) is 71.3 Å². The molecule has 6 heteroatoms. The number of hydrogen-bond donors (Lipinski definition) is 3. The Kier molecular flexibility index (Phi) is 5.15. The molecule has 3 rings (SSSR count). The second-order valence-electron chi connectivity index (χ2n) is 6.58. The lowest BCUT2D eigenvalue weighted by Crippen LogP contribution is -2.66. The lowest BCUT2D eigenvalue weighted by molar-refractivity contribution is -0.167. The number of rotatable bonds is 4. The molecule has 1 fully saturated rings. The summed E-state index contributed by atoms with van der Waals surface area (Å²) in [4.78, 5) is 1.79. The average Bonchev–Trinajstić information content (AvgIpc) is 2.61. The van der Waals surface area contributed by atoms with Gasteiger partial charge in [0.25, 0.3) is 0 Å². The third kappa shape index (κ3) is 3.72. The molecule has 0 aliphatic carbocycles. The highest BCUT2D eigenvalue weighted by atomic mass is 19.1. The molecule has 0 radical (unpaired) electrons. The fraction of sp³-hybridized carbons (Fsp3) is 0.368. The van der Waals surface area contributed by atoms with E-state index in [-0.39, 0.29) is 24.2 Å². The van der Waals surface area contributed by atoms with E-state index in [9.17, 15) is 19.0 Å². The molecular weight excluding hydrogens is 326 g/mol. The van der Waals surface area contributed by atoms with E-state index in [0.29, 0.717) is 6.54 Å². The van der Waals surface area contributed by atoms with E-state index in [2.05, 4.69) is 5.32 Å². The monoisotopic (exact) mass is 348 g/mol. The Balaban J connectivity index is 2.09. The molecule has 0 spiro atoms. The number of nitrogens with zero attached hydrogens (tertiary/aromatic N) is 1. The Morgan fingerprint density at radius 3 is 2.00 bits per heavy atom. The van der Waals surface area contributed by atoms with E-state index < -0.39 is 18.4 Å². The Morgan fingerprint density at radius 1 is 1.08 bits per heavy atom. The smallest absolute Gasteiger partial charge is 0.155 e. The molecule has 3 N–H and O–H groups in total. The fourth-order valence-corrected chi connectivity index (χ4v) is 3.30. The molecule has 1 heterocycles. The molecule has 4 nitrogen and oxygen atoms in total. The number of aliphatic hydroxyl groups excluding tert-OH is 1. The first-order valence-electron chi connectivity index (χ1n) is 8.27. The fourth-order valence-electron chi connectivity index (χ4n) is 3.30. The number of piperazine rings is 1. The highest BCUT2D eigenvalue weighted by molar-refractivity contribution is 5.33. The first kappa shape index (κ1) is 17.9. The third-order valence-corrected chi connectivity index (χ3v) is 4.68. The SMILES string of the molecule is C[C@H]1CN(C(c2ccc(F)cc2)c2ccc(F)cc2)[C@@](O)(CO)CN1. The minimum atomic E-state index is -1.47. The van der Waals surface area contributed by atoms with Gasteiger partial charge in [0, 0.05) is 19.1 Å². The molecule has 2 aromatic rings. The average molecular weight is 348 g/mol. The van der Waals surface area contributed by atoms with Crippen molar-refractivity contribution in [3.8, 4) is 0 Å². The Hall–Kier alpha value is -1.86. The van der Waals surface area contributed by atoms with Crippen LogP contribution in [0.1, 0.15) is 24.1 Å². The molecule has 0 saturated carbocycles. The summed E-state index contributed by atoms with van der Waals surface area (Å²) in [5.74, 6) is -0.708. The van der Waals surface area contributed by atoms with Crippen molar-refractivity contribution in [2.24, 2.45) is 0 Å². The van der Waals surface area contributed by atoms with Gasteiger partial charge in [-0.1, -0.05) is 24.3 Å². The normalized spacial score (nSPS) is 24.6. The van der Waals surface area contributed by atoms with Crippen LogP contribution in [0.25, 0.3) is 0 Å². The van der Waals surface area contributed by atoms with E-state index in [1.54, 1.807) is 29.2 Å². The highest BCUT2D eigenvalue weighted by Crippen LogP contribution is 2.35. The van der Waals surface area contributed by atoms with Gasteiger partial charge in [-0.2, -0.15) is 0 Å². The predicted octanol–water partition coefficient (Wildman–Crippen LogP) is 2.03. The summed E-state index contributed by atoms with van der Waals surface area (Å²) in [7, 11) is 0. The van der Waals surface area contributed by atoms with Crippen LogP contribution in [0, 0.1) is 11.6 Å². The van der Waals surface area contributed by atoms with E-state index in [1.165, 1.54) is 24.3 Å². The molecule has 0 bridgehead atoms. The van der Waals surface area contributed by atoms with Crippen LogP contribution in [-0.4, -0.2) is 46.6 Å². The maximum atomic E-state index is 13.4. The Morgan fingerprint density at radius 2 is 1.56 bits per heavy atom. The zero-order valence-electron chi connectivity index (χ0n) is 14.0. The molecule has 1 saturated heterocycles. The van der Waals surface area contributed by atoms with Crippen LogP contribution < -0.4 is 5.32 Å². The number of hydrogen-bond acceptors (Lipinski definition) is 4. The van der Waals surface area contributed by atoms with E-state index in [4.69, 9.17) is 0 Å². The van der Waals surface area contributed by atoms with E-state index in [1.807, 2.05) is 6.92 Å². The first-order chi connectivity index (χ1) is 11.9. The van der Waals surface area contributed by atoms with Crippen molar-refractivity contribution >= 4 is 0 Å². The molecule has 0 aromatic heterocycles. The van der Waals surface area contributed by atoms with Crippen molar-refractivity contribution in [2.45, 2.75) is 24.7 Å². The molecule has 0 amide bonds. The highest BCUT2D eigenvalue weighted by Gasteiger charge is 2.43. The van der Waals surface area contributed by atoms with Crippen LogP contribution in [0.4, 0.5) is 8.78 Å². The topological polar surface area (TPSA) is 55.7 Å². The summed E-state index contributed by atoms with van der Waals surface area (Å²) in [6.45, 7) is 2.20. The predicted molar refractivity (Wildman–Crippen MR) is 90.8 cm³/mol. The van der Waals surface area contributed by atoms with Crippen LogP contribution in [-0.2, 0) is 0 Å². The largest absolute Gasteiger partial charge is 0.392 e. The van der Waals surface area contributed by atoms with Gasteiger partial charge in [0.1, 0.15) is 11.6 Å². The van der Waals surface area contributed by atoms with Crippen LogP contribution in [0.2, 0.25) is 0 Å². The number of aliphatic hydroxyl groups is 2. The first-order valence-corrected chi connectivity index (χ1v) is 8.27. The second kappa shape index (κ2) is 7.17. The van der Waals surface area contributed by atoms with Crippen LogP contribution in [0.3, 0.4) is 0 Å². The second-order valence-corrected chi connectivity index (χ2v) is 6.58. The zero-order chi connectivity index (χ0) is 18.0. The summed E-state index contributed by atoms with van der Waals surface area (Å²) in [5.41, 5.74) is 0.0444. The van der Waals surface area contributed by atoms with Gasteiger partial charge in [-0.3, -0.25) is 4.90 Å². The molecule has 2 aromatic carbocycles. The van der Waals surface area contributed by atoms with Crippen LogP contribution >= 0.6 is 0 Å². The van der Waals surface area contributed by atoms with Gasteiger partial charge >= 0.3 is 0 Å². The number of nitrogens with one attached hydrogen (secondary N) is 1. The molecular formula is C19H22F2N2O2. The summed E-state index contributed by atoms with van der Waals surface area (Å²) in [5, 5.41) is 23.9. The van der Waals surface area contributed by atoms with Gasteiger partial charge in [0.15, 0.2) is 5.72 Å². The molecule has 2 atom stereocenters. The third-order valence-electron chi connectivity index (χ3n) is 4.68.